The molecule has 150 valence electrons. The third-order valence-electron chi connectivity index (χ3n) is 4.62. The summed E-state index contributed by atoms with van der Waals surface area (Å²) in [5.41, 5.74) is 0.716. The van der Waals surface area contributed by atoms with E-state index >= 15 is 0 Å². The molecule has 0 radical (unpaired) electrons. The minimum atomic E-state index is -0.476. The molecule has 2 atom stereocenters. The maximum Gasteiger partial charge on any atom is 0.249 e. The first-order valence-corrected chi connectivity index (χ1v) is 9.91. The van der Waals surface area contributed by atoms with Crippen LogP contribution in [0, 0.1) is 0 Å². The van der Waals surface area contributed by atoms with Crippen molar-refractivity contribution in [2.75, 3.05) is 43.7 Å². The molecule has 2 aliphatic rings. The van der Waals surface area contributed by atoms with Crippen LogP contribution < -0.4 is 25.0 Å². The third-order valence-corrected chi connectivity index (χ3v) is 5.75. The van der Waals surface area contributed by atoms with Gasteiger partial charge in [0.15, 0.2) is 0 Å². The molecule has 27 heavy (non-hydrogen) atoms. The minimum Gasteiger partial charge on any atom is -0.497 e. The van der Waals surface area contributed by atoms with Gasteiger partial charge in [-0.25, -0.2) is 0 Å². The first-order valence-electron chi connectivity index (χ1n) is 8.75. The Hall–Kier alpha value is -1.64. The lowest BCUT2D eigenvalue weighted by Crippen LogP contribution is -2.46. The number of halogens is 1. The standard InChI is InChI=1S/C18H25N3O4S.ClH/c1-24-14-8-13(9-15(10-14)25-2)21-5-3-16(18(21)23)20-17(22)7-12-11-26-6-4-19-12;/h8-10,12,16,19H,3-7,11H2,1-2H3,(H,20,22);1H. The van der Waals surface area contributed by atoms with Crippen LogP contribution in [0.3, 0.4) is 0 Å². The molecule has 2 saturated heterocycles. The smallest absolute Gasteiger partial charge is 0.249 e. The minimum absolute atomic E-state index is 0. The number of hydrogen-bond acceptors (Lipinski definition) is 6. The SMILES string of the molecule is COc1cc(OC)cc(N2CCC(NC(=O)CC3CSCCN3)C2=O)c1.Cl. The Balaban J connectivity index is 0.00000261. The van der Waals surface area contributed by atoms with Crippen LogP contribution in [0.1, 0.15) is 12.8 Å². The van der Waals surface area contributed by atoms with Gasteiger partial charge in [-0.1, -0.05) is 0 Å². The molecule has 2 amide bonds. The summed E-state index contributed by atoms with van der Waals surface area (Å²) in [7, 11) is 3.15. The average Bonchev–Trinajstić information content (AvgIpc) is 3.02. The van der Waals surface area contributed by atoms with Gasteiger partial charge in [0.2, 0.25) is 11.8 Å². The van der Waals surface area contributed by atoms with Gasteiger partial charge in [-0.05, 0) is 6.42 Å². The summed E-state index contributed by atoms with van der Waals surface area (Å²) in [5, 5.41) is 6.23. The molecule has 0 aliphatic carbocycles. The van der Waals surface area contributed by atoms with E-state index in [9.17, 15) is 9.59 Å². The summed E-state index contributed by atoms with van der Waals surface area (Å²) in [6.45, 7) is 1.48. The summed E-state index contributed by atoms with van der Waals surface area (Å²) in [4.78, 5) is 26.7. The molecule has 0 spiro atoms. The number of thioether (sulfide) groups is 1. The van der Waals surface area contributed by atoms with Crippen molar-refractivity contribution in [2.45, 2.75) is 24.9 Å². The second-order valence-corrected chi connectivity index (χ2v) is 7.55. The second-order valence-electron chi connectivity index (χ2n) is 6.40. The largest absolute Gasteiger partial charge is 0.497 e. The van der Waals surface area contributed by atoms with Crippen molar-refractivity contribution in [2.24, 2.45) is 0 Å². The highest BCUT2D eigenvalue weighted by atomic mass is 35.5. The van der Waals surface area contributed by atoms with Crippen molar-refractivity contribution < 1.29 is 19.1 Å². The highest BCUT2D eigenvalue weighted by molar-refractivity contribution is 7.99. The Bertz CT molecular complexity index is 648. The maximum absolute atomic E-state index is 12.7. The van der Waals surface area contributed by atoms with Gasteiger partial charge < -0.3 is 25.0 Å². The van der Waals surface area contributed by atoms with Crippen molar-refractivity contribution in [1.29, 1.82) is 0 Å². The highest BCUT2D eigenvalue weighted by Crippen LogP contribution is 2.31. The second kappa shape index (κ2) is 10.1. The fourth-order valence-corrected chi connectivity index (χ4v) is 4.20. The van der Waals surface area contributed by atoms with Gasteiger partial charge in [0.25, 0.3) is 0 Å². The van der Waals surface area contributed by atoms with Gasteiger partial charge in [-0.3, -0.25) is 9.59 Å². The van der Waals surface area contributed by atoms with Crippen LogP contribution in [0.25, 0.3) is 0 Å². The summed E-state index contributed by atoms with van der Waals surface area (Å²) < 4.78 is 10.5. The maximum atomic E-state index is 12.7. The summed E-state index contributed by atoms with van der Waals surface area (Å²) in [6, 6.07) is 5.07. The molecule has 7 nitrogen and oxygen atoms in total. The average molecular weight is 416 g/mol. The van der Waals surface area contributed by atoms with E-state index < -0.39 is 6.04 Å². The van der Waals surface area contributed by atoms with Crippen molar-refractivity contribution >= 4 is 41.7 Å². The number of carbonyl (C=O) groups excluding carboxylic acids is 2. The van der Waals surface area contributed by atoms with Crippen LogP contribution in [0.2, 0.25) is 0 Å². The Labute approximate surface area is 169 Å². The van der Waals surface area contributed by atoms with Crippen molar-refractivity contribution in [3.63, 3.8) is 0 Å². The molecular weight excluding hydrogens is 390 g/mol. The van der Waals surface area contributed by atoms with E-state index in [4.69, 9.17) is 9.47 Å². The molecule has 2 aliphatic heterocycles. The number of rotatable bonds is 6. The predicted molar refractivity (Wildman–Crippen MR) is 109 cm³/mol. The number of amides is 2. The van der Waals surface area contributed by atoms with Crippen LogP contribution in [0.5, 0.6) is 11.5 Å². The normalized spacial score (nSPS) is 22.1. The summed E-state index contributed by atoms with van der Waals surface area (Å²) >= 11 is 1.85. The van der Waals surface area contributed by atoms with Gasteiger partial charge in [-0.15, -0.1) is 12.4 Å². The first-order chi connectivity index (χ1) is 12.6. The van der Waals surface area contributed by atoms with E-state index in [1.165, 1.54) is 0 Å². The van der Waals surface area contributed by atoms with Gasteiger partial charge in [0.05, 0.1) is 19.9 Å². The van der Waals surface area contributed by atoms with Crippen LogP contribution in [-0.2, 0) is 9.59 Å². The molecule has 3 rings (SSSR count). The number of carbonyl (C=O) groups is 2. The number of hydrogen-bond donors (Lipinski definition) is 2. The van der Waals surface area contributed by atoms with E-state index in [0.717, 1.165) is 18.1 Å². The molecule has 2 unspecified atom stereocenters. The summed E-state index contributed by atoms with van der Waals surface area (Å²) in [6.07, 6.45) is 1.00. The molecule has 1 aromatic carbocycles. The lowest BCUT2D eigenvalue weighted by Gasteiger charge is -2.23. The molecule has 0 aromatic heterocycles. The van der Waals surface area contributed by atoms with Gasteiger partial charge >= 0.3 is 0 Å². The zero-order valence-electron chi connectivity index (χ0n) is 15.5. The molecule has 2 heterocycles. The Kier molecular flexibility index (Phi) is 8.07. The molecular formula is C18H26ClN3O4S. The third kappa shape index (κ3) is 5.43. The number of anilines is 1. The van der Waals surface area contributed by atoms with Crippen molar-refractivity contribution in [3.8, 4) is 11.5 Å². The fraction of sp³-hybridized carbons (Fsp3) is 0.556. The monoisotopic (exact) mass is 415 g/mol. The van der Waals surface area contributed by atoms with E-state index in [1.807, 2.05) is 11.8 Å². The molecule has 1 aromatic rings. The molecule has 0 bridgehead atoms. The number of nitrogens with one attached hydrogen (secondary N) is 2. The lowest BCUT2D eigenvalue weighted by atomic mass is 10.2. The molecule has 2 fully saturated rings. The Morgan fingerprint density at radius 1 is 1.30 bits per heavy atom. The fourth-order valence-electron chi connectivity index (χ4n) is 3.25. The molecule has 9 heteroatoms. The number of nitrogens with zero attached hydrogens (tertiary/aromatic N) is 1. The van der Waals surface area contributed by atoms with E-state index in [1.54, 1.807) is 37.3 Å². The zero-order valence-corrected chi connectivity index (χ0v) is 17.2. The van der Waals surface area contributed by atoms with Gasteiger partial charge in [0.1, 0.15) is 17.5 Å². The van der Waals surface area contributed by atoms with E-state index in [0.29, 0.717) is 36.6 Å². The van der Waals surface area contributed by atoms with Crippen molar-refractivity contribution in [3.05, 3.63) is 18.2 Å². The van der Waals surface area contributed by atoms with E-state index in [2.05, 4.69) is 10.6 Å². The van der Waals surface area contributed by atoms with E-state index in [-0.39, 0.29) is 30.3 Å². The Morgan fingerprint density at radius 3 is 2.59 bits per heavy atom. The number of ether oxygens (including phenoxy) is 2. The van der Waals surface area contributed by atoms with Crippen LogP contribution in [-0.4, -0.2) is 62.7 Å². The van der Waals surface area contributed by atoms with Crippen LogP contribution in [0.4, 0.5) is 5.69 Å². The first kappa shape index (κ1) is 21.7. The highest BCUT2D eigenvalue weighted by Gasteiger charge is 2.34. The van der Waals surface area contributed by atoms with Crippen molar-refractivity contribution in [1.82, 2.24) is 10.6 Å². The van der Waals surface area contributed by atoms with Gasteiger partial charge in [0, 0.05) is 55.3 Å². The predicted octanol–water partition coefficient (Wildman–Crippen LogP) is 1.44. The lowest BCUT2D eigenvalue weighted by molar-refractivity contribution is -0.126. The van der Waals surface area contributed by atoms with Crippen LogP contribution in [0.15, 0.2) is 18.2 Å². The summed E-state index contributed by atoms with van der Waals surface area (Å²) in [5.74, 6) is 3.09. The number of benzene rings is 1. The topological polar surface area (TPSA) is 79.9 Å². The number of methoxy groups -OCH3 is 2. The van der Waals surface area contributed by atoms with Crippen LogP contribution >= 0.6 is 24.2 Å². The quantitative estimate of drug-likeness (QED) is 0.732. The molecule has 2 N–H and O–H groups in total. The van der Waals surface area contributed by atoms with Gasteiger partial charge in [-0.2, -0.15) is 11.8 Å². The molecule has 0 saturated carbocycles. The zero-order chi connectivity index (χ0) is 18.5. The Morgan fingerprint density at radius 2 is 2.00 bits per heavy atom.